The molecule has 2 fully saturated rings. The Kier molecular flexibility index (Phi) is 5.01. The highest BCUT2D eigenvalue weighted by Crippen LogP contribution is 2.55. The van der Waals surface area contributed by atoms with Crippen molar-refractivity contribution in [2.45, 2.75) is 22.7 Å². The lowest BCUT2D eigenvalue weighted by atomic mass is 9.82. The molecule has 5 N–H and O–H groups in total. The number of nitrogens with one attached hydrogen (secondary N) is 1. The van der Waals surface area contributed by atoms with Crippen LogP contribution in [0.1, 0.15) is 0 Å². The molecule has 1 aliphatic carbocycles. The van der Waals surface area contributed by atoms with Gasteiger partial charge in [0.15, 0.2) is 5.72 Å². The zero-order valence-corrected chi connectivity index (χ0v) is 18.7. The Bertz CT molecular complexity index is 1120. The van der Waals surface area contributed by atoms with E-state index >= 15 is 0 Å². The molecule has 168 valence electrons. The highest BCUT2D eigenvalue weighted by Gasteiger charge is 2.72. The van der Waals surface area contributed by atoms with Gasteiger partial charge in [0.25, 0.3) is 0 Å². The fraction of sp³-hybridized carbons (Fsp3) is 0.381. The molecule has 4 atom stereocenters. The van der Waals surface area contributed by atoms with Crippen LogP contribution in [0.25, 0.3) is 0 Å². The third-order valence-corrected chi connectivity index (χ3v) is 8.08. The van der Waals surface area contributed by atoms with Crippen LogP contribution in [0.5, 0.6) is 0 Å². The summed E-state index contributed by atoms with van der Waals surface area (Å²) in [6, 6.07) is 7.27. The van der Waals surface area contributed by atoms with Crippen molar-refractivity contribution in [2.75, 3.05) is 26.0 Å². The number of carbonyl (C=O) groups excluding carboxylic acids is 3. The Morgan fingerprint density at radius 2 is 2.09 bits per heavy atom. The summed E-state index contributed by atoms with van der Waals surface area (Å²) >= 11 is 7.57. The number of ketones is 2. The van der Waals surface area contributed by atoms with Crippen LogP contribution >= 0.6 is 23.4 Å². The van der Waals surface area contributed by atoms with E-state index in [1.165, 1.54) is 18.9 Å². The normalized spacial score (nSPS) is 30.4. The van der Waals surface area contributed by atoms with Gasteiger partial charge < -0.3 is 31.2 Å². The van der Waals surface area contributed by atoms with Gasteiger partial charge in [-0.25, -0.2) is 4.79 Å². The first-order valence-electron chi connectivity index (χ1n) is 10.0. The summed E-state index contributed by atoms with van der Waals surface area (Å²) in [7, 11) is 1.52. The average molecular weight is 477 g/mol. The predicted octanol–water partition coefficient (Wildman–Crippen LogP) is 0.775. The number of hydrogen-bond donors (Lipinski definition) is 3. The van der Waals surface area contributed by atoms with Gasteiger partial charge in [-0.05, 0) is 12.1 Å². The number of allylic oxidation sites excluding steroid dienone is 2. The molecule has 2 saturated heterocycles. The Labute approximate surface area is 193 Å². The number of piperazine rings is 1. The summed E-state index contributed by atoms with van der Waals surface area (Å²) < 4.78 is 11.0. The molecule has 32 heavy (non-hydrogen) atoms. The maximum Gasteiger partial charge on any atom is 0.404 e. The predicted molar refractivity (Wildman–Crippen MR) is 117 cm³/mol. The van der Waals surface area contributed by atoms with Crippen LogP contribution in [-0.2, 0) is 19.1 Å². The van der Waals surface area contributed by atoms with Crippen molar-refractivity contribution < 1.29 is 23.9 Å². The fourth-order valence-electron chi connectivity index (χ4n) is 5.10. The summed E-state index contributed by atoms with van der Waals surface area (Å²) in [5.41, 5.74) is 11.0. The van der Waals surface area contributed by atoms with Crippen molar-refractivity contribution in [3.8, 4) is 0 Å². The number of nitrogens with zero attached hydrogens (tertiary/aromatic N) is 1. The van der Waals surface area contributed by atoms with Crippen LogP contribution in [0, 0.1) is 5.92 Å². The molecule has 5 rings (SSSR count). The van der Waals surface area contributed by atoms with Crippen LogP contribution in [0.2, 0.25) is 5.02 Å². The maximum absolute atomic E-state index is 13.6. The number of ether oxygens (including phenoxy) is 2. The summed E-state index contributed by atoms with van der Waals surface area (Å²) in [4.78, 5) is 41.0. The lowest BCUT2D eigenvalue weighted by Gasteiger charge is -2.39. The Morgan fingerprint density at radius 3 is 2.78 bits per heavy atom. The van der Waals surface area contributed by atoms with Gasteiger partial charge in [0.2, 0.25) is 11.6 Å². The molecule has 3 aliphatic heterocycles. The number of Topliss-reactive ketones (excluding diaryl/α,β-unsaturated/α-hetero) is 2. The van der Waals surface area contributed by atoms with E-state index in [1.807, 2.05) is 23.1 Å². The smallest absolute Gasteiger partial charge is 0.404 e. The van der Waals surface area contributed by atoms with Crippen LogP contribution in [-0.4, -0.2) is 66.4 Å². The van der Waals surface area contributed by atoms with E-state index in [1.54, 1.807) is 6.07 Å². The van der Waals surface area contributed by atoms with Crippen LogP contribution in [0.4, 0.5) is 4.79 Å². The van der Waals surface area contributed by atoms with E-state index in [0.717, 1.165) is 4.90 Å². The number of benzene rings is 1. The third-order valence-electron chi connectivity index (χ3n) is 6.54. The Hall–Kier alpha value is -2.53. The molecular formula is C21H21ClN4O5S. The molecule has 11 heteroatoms. The number of halogens is 1. The number of fused-ring (bicyclic) bond motifs is 4. The topological polar surface area (TPSA) is 147 Å². The average Bonchev–Trinajstić information content (AvgIpc) is 3.38. The highest BCUT2D eigenvalue weighted by molar-refractivity contribution is 7.99. The van der Waals surface area contributed by atoms with Crippen molar-refractivity contribution in [2.24, 2.45) is 17.4 Å². The monoisotopic (exact) mass is 476 g/mol. The molecule has 1 amide bonds. The first-order valence-corrected chi connectivity index (χ1v) is 11.4. The Morgan fingerprint density at radius 1 is 1.34 bits per heavy atom. The van der Waals surface area contributed by atoms with E-state index < -0.39 is 23.5 Å². The van der Waals surface area contributed by atoms with Crippen molar-refractivity contribution in [3.63, 3.8) is 0 Å². The number of amides is 1. The lowest BCUT2D eigenvalue weighted by Crippen LogP contribution is -2.55. The molecule has 0 aromatic heterocycles. The van der Waals surface area contributed by atoms with Gasteiger partial charge >= 0.3 is 6.09 Å². The van der Waals surface area contributed by atoms with Gasteiger partial charge in [0.1, 0.15) is 6.61 Å². The second-order valence-electron chi connectivity index (χ2n) is 8.03. The van der Waals surface area contributed by atoms with E-state index in [2.05, 4.69) is 5.32 Å². The minimum Gasteiger partial charge on any atom is -0.449 e. The third kappa shape index (κ3) is 2.90. The molecule has 0 saturated carbocycles. The van der Waals surface area contributed by atoms with Gasteiger partial charge in [-0.1, -0.05) is 23.7 Å². The lowest BCUT2D eigenvalue weighted by molar-refractivity contribution is -0.137. The highest BCUT2D eigenvalue weighted by atomic mass is 35.5. The Balaban J connectivity index is 1.51. The first-order chi connectivity index (χ1) is 15.3. The summed E-state index contributed by atoms with van der Waals surface area (Å²) in [6.07, 6.45) is -0.968. The number of primary amides is 1. The summed E-state index contributed by atoms with van der Waals surface area (Å²) in [5, 5.41) is 3.87. The molecular weight excluding hydrogens is 456 g/mol. The number of methoxy groups -OCH3 is 1. The van der Waals surface area contributed by atoms with E-state index in [9.17, 15) is 14.4 Å². The second kappa shape index (κ2) is 7.51. The van der Waals surface area contributed by atoms with Crippen molar-refractivity contribution in [1.29, 1.82) is 0 Å². The minimum absolute atomic E-state index is 0.106. The molecule has 0 radical (unpaired) electrons. The van der Waals surface area contributed by atoms with Gasteiger partial charge in [-0.3, -0.25) is 9.59 Å². The quantitative estimate of drug-likeness (QED) is 0.307. The van der Waals surface area contributed by atoms with Crippen molar-refractivity contribution in [3.05, 3.63) is 51.8 Å². The fourth-order valence-corrected chi connectivity index (χ4v) is 6.36. The molecule has 9 nitrogen and oxygen atoms in total. The van der Waals surface area contributed by atoms with Gasteiger partial charge in [-0.2, -0.15) is 0 Å². The molecule has 4 aliphatic rings. The van der Waals surface area contributed by atoms with E-state index in [4.69, 9.17) is 32.5 Å². The SMILES string of the molecule is CO[C@@]12[C@H](COC(N)=O)C3=C(C(=O)C(CSc4ccccc4Cl)=C(N)C3=O)N1C[C@@H]1N[C@@H]12. The van der Waals surface area contributed by atoms with Crippen molar-refractivity contribution >= 4 is 41.0 Å². The largest absolute Gasteiger partial charge is 0.449 e. The van der Waals surface area contributed by atoms with Crippen molar-refractivity contribution in [1.82, 2.24) is 10.2 Å². The van der Waals surface area contributed by atoms with Crippen LogP contribution in [0.3, 0.4) is 0 Å². The number of thioether (sulfide) groups is 1. The van der Waals surface area contributed by atoms with Crippen LogP contribution in [0.15, 0.2) is 51.7 Å². The molecule has 1 aromatic carbocycles. The standard InChI is InChI=1S/C21H21ClN4O5S/c1-30-21-10(7-31-20(24)29)14-16(26(21)6-12-19(21)25-12)17(27)9(15(23)18(14)28)8-32-13-5-3-2-4-11(13)22/h2-5,10,12,19,25H,6-8,23H2,1H3,(H2,24,29)/t10-,12+,19+,21-/m1/s1. The summed E-state index contributed by atoms with van der Waals surface area (Å²) in [5.74, 6) is -1.28. The number of rotatable bonds is 6. The molecule has 1 aromatic rings. The first kappa shape index (κ1) is 21.3. The molecule has 0 unspecified atom stereocenters. The zero-order valence-electron chi connectivity index (χ0n) is 17.1. The number of carbonyl (C=O) groups is 3. The van der Waals surface area contributed by atoms with Gasteiger partial charge in [-0.15, -0.1) is 11.8 Å². The molecule has 0 spiro atoms. The molecule has 0 bridgehead atoms. The molecule has 3 heterocycles. The minimum atomic E-state index is -1.03. The number of hydrogen-bond acceptors (Lipinski definition) is 9. The summed E-state index contributed by atoms with van der Waals surface area (Å²) in [6.45, 7) is 0.299. The van der Waals surface area contributed by atoms with Gasteiger partial charge in [0, 0.05) is 41.5 Å². The van der Waals surface area contributed by atoms with E-state index in [0.29, 0.717) is 11.6 Å². The van der Waals surface area contributed by atoms with E-state index in [-0.39, 0.29) is 52.8 Å². The zero-order chi connectivity index (χ0) is 22.8. The number of nitrogens with two attached hydrogens (primary N) is 2. The van der Waals surface area contributed by atoms with Crippen LogP contribution < -0.4 is 16.8 Å². The second-order valence-corrected chi connectivity index (χ2v) is 9.46. The maximum atomic E-state index is 13.6. The van der Waals surface area contributed by atoms with Gasteiger partial charge in [0.05, 0.1) is 28.4 Å².